The summed E-state index contributed by atoms with van der Waals surface area (Å²) in [6.45, 7) is 0. The summed E-state index contributed by atoms with van der Waals surface area (Å²) in [4.78, 5) is 5.17. The van der Waals surface area contributed by atoms with Crippen LogP contribution >= 0.6 is 11.3 Å². The second kappa shape index (κ2) is 10.0. The van der Waals surface area contributed by atoms with E-state index in [9.17, 15) is 0 Å². The van der Waals surface area contributed by atoms with E-state index in [2.05, 4.69) is 144 Å². The van der Waals surface area contributed by atoms with Gasteiger partial charge in [0.05, 0.1) is 0 Å². The van der Waals surface area contributed by atoms with Gasteiger partial charge in [-0.25, -0.2) is 4.99 Å². The zero-order valence-electron chi connectivity index (χ0n) is 22.3. The summed E-state index contributed by atoms with van der Waals surface area (Å²) in [6, 6.07) is 49.7. The second-order valence-corrected chi connectivity index (χ2v) is 11.5. The van der Waals surface area contributed by atoms with Crippen LogP contribution in [-0.4, -0.2) is 5.84 Å². The molecule has 0 saturated heterocycles. The largest absolute Gasteiger partial charge is 0.350 e. The third-order valence-electron chi connectivity index (χ3n) is 7.94. The van der Waals surface area contributed by atoms with Crippen molar-refractivity contribution in [3.05, 3.63) is 156 Å². The summed E-state index contributed by atoms with van der Waals surface area (Å²) >= 11 is 1.89. The van der Waals surface area contributed by atoms with E-state index < -0.39 is 0 Å². The fraction of sp³-hybridized carbons (Fsp3) is 0.0541. The molecule has 2 unspecified atom stereocenters. The molecule has 0 saturated carbocycles. The number of thiophene rings is 1. The molecule has 1 aliphatic rings. The summed E-state index contributed by atoms with van der Waals surface area (Å²) in [7, 11) is 0. The van der Waals surface area contributed by atoms with Crippen molar-refractivity contribution < 1.29 is 0 Å². The first-order chi connectivity index (χ1) is 20.3. The molecule has 0 aliphatic carbocycles. The minimum absolute atomic E-state index is 0.0601. The highest BCUT2D eigenvalue weighted by Crippen LogP contribution is 2.43. The topological polar surface area (TPSA) is 36.4 Å². The van der Waals surface area contributed by atoms with Crippen LogP contribution in [0, 0.1) is 0 Å². The second-order valence-electron chi connectivity index (χ2n) is 10.5. The zero-order chi connectivity index (χ0) is 27.2. The van der Waals surface area contributed by atoms with Crippen molar-refractivity contribution >= 4 is 48.1 Å². The van der Waals surface area contributed by atoms with E-state index in [0.717, 1.165) is 17.0 Å². The van der Waals surface area contributed by atoms with E-state index in [4.69, 9.17) is 4.99 Å². The molecule has 0 radical (unpaired) electrons. The van der Waals surface area contributed by atoms with Crippen LogP contribution in [0.15, 0.2) is 145 Å². The predicted molar refractivity (Wildman–Crippen MR) is 173 cm³/mol. The van der Waals surface area contributed by atoms with Gasteiger partial charge in [0.1, 0.15) is 18.2 Å². The molecule has 2 heterocycles. The molecule has 6 aromatic carbocycles. The van der Waals surface area contributed by atoms with Gasteiger partial charge >= 0.3 is 0 Å². The normalized spacial score (nSPS) is 17.0. The third kappa shape index (κ3) is 4.29. The van der Waals surface area contributed by atoms with Crippen LogP contribution in [0.25, 0.3) is 42.1 Å². The number of nitrogens with zero attached hydrogens (tertiary/aromatic N) is 1. The first-order valence-corrected chi connectivity index (χ1v) is 14.8. The van der Waals surface area contributed by atoms with Crippen molar-refractivity contribution in [2.24, 2.45) is 4.99 Å². The Morgan fingerprint density at radius 2 is 1.32 bits per heavy atom. The number of hydrogen-bond acceptors (Lipinski definition) is 4. The minimum Gasteiger partial charge on any atom is -0.350 e. The number of aliphatic imine (C=N–C) groups is 1. The van der Waals surface area contributed by atoms with Gasteiger partial charge in [-0.3, -0.25) is 5.32 Å². The highest BCUT2D eigenvalue weighted by molar-refractivity contribution is 7.26. The van der Waals surface area contributed by atoms with E-state index in [1.807, 2.05) is 17.4 Å². The van der Waals surface area contributed by atoms with Gasteiger partial charge in [-0.15, -0.1) is 11.3 Å². The van der Waals surface area contributed by atoms with Crippen LogP contribution in [0.3, 0.4) is 0 Å². The molecule has 1 aliphatic heterocycles. The number of rotatable bonds is 4. The number of nitrogens with one attached hydrogen (secondary N) is 2. The average Bonchev–Trinajstić information content (AvgIpc) is 3.45. The average molecular weight is 546 g/mol. The molecule has 1 aromatic heterocycles. The Bertz CT molecular complexity index is 2060. The molecule has 8 rings (SSSR count). The van der Waals surface area contributed by atoms with Gasteiger partial charge in [-0.1, -0.05) is 127 Å². The Labute approximate surface area is 242 Å². The predicted octanol–water partition coefficient (Wildman–Crippen LogP) is 9.21. The Morgan fingerprint density at radius 1 is 0.585 bits per heavy atom. The van der Waals surface area contributed by atoms with Crippen molar-refractivity contribution in [1.82, 2.24) is 10.6 Å². The molecule has 0 spiro atoms. The Morgan fingerprint density at radius 3 is 2.20 bits per heavy atom. The van der Waals surface area contributed by atoms with Gasteiger partial charge in [0, 0.05) is 25.7 Å². The van der Waals surface area contributed by atoms with Crippen molar-refractivity contribution in [2.45, 2.75) is 12.3 Å². The molecule has 0 bridgehead atoms. The van der Waals surface area contributed by atoms with Crippen molar-refractivity contribution in [2.75, 3.05) is 0 Å². The van der Waals surface area contributed by atoms with E-state index in [1.165, 1.54) is 47.6 Å². The van der Waals surface area contributed by atoms with Gasteiger partial charge in [-0.2, -0.15) is 0 Å². The van der Waals surface area contributed by atoms with Gasteiger partial charge in [0.15, 0.2) is 0 Å². The zero-order valence-corrected chi connectivity index (χ0v) is 23.1. The minimum atomic E-state index is -0.195. The van der Waals surface area contributed by atoms with Crippen LogP contribution in [0.1, 0.15) is 29.0 Å². The highest BCUT2D eigenvalue weighted by atomic mass is 32.1. The molecule has 2 N–H and O–H groups in total. The van der Waals surface area contributed by atoms with Gasteiger partial charge in [-0.05, 0) is 45.2 Å². The van der Waals surface area contributed by atoms with Crippen LogP contribution < -0.4 is 10.6 Å². The number of fused-ring (bicyclic) bond motifs is 5. The lowest BCUT2D eigenvalue weighted by atomic mass is 9.96. The molecular weight excluding hydrogens is 518 g/mol. The molecule has 0 amide bonds. The molecule has 7 aromatic rings. The SMILES string of the molecule is c1ccc(C2=NC(c3cccc(-c4cccc5sc6c7ccccc7ccc6c45)c3)NC(c3ccccc3)N2)cc1. The number of hydrogen-bond donors (Lipinski definition) is 2. The summed E-state index contributed by atoms with van der Waals surface area (Å²) < 4.78 is 2.66. The maximum Gasteiger partial charge on any atom is 0.131 e. The molecule has 0 fully saturated rings. The maximum absolute atomic E-state index is 5.17. The van der Waals surface area contributed by atoms with Crippen molar-refractivity contribution in [1.29, 1.82) is 0 Å². The van der Waals surface area contributed by atoms with Crippen molar-refractivity contribution in [3.63, 3.8) is 0 Å². The lowest BCUT2D eigenvalue weighted by molar-refractivity contribution is 0.409. The van der Waals surface area contributed by atoms with Crippen molar-refractivity contribution in [3.8, 4) is 11.1 Å². The highest BCUT2D eigenvalue weighted by Gasteiger charge is 2.25. The lowest BCUT2D eigenvalue weighted by Gasteiger charge is -2.32. The Kier molecular flexibility index (Phi) is 5.87. The molecule has 4 heteroatoms. The van der Waals surface area contributed by atoms with Crippen LogP contribution in [0.5, 0.6) is 0 Å². The Hall–Kier alpha value is -4.77. The number of benzene rings is 6. The number of amidine groups is 1. The summed E-state index contributed by atoms with van der Waals surface area (Å²) in [5.74, 6) is 0.895. The fourth-order valence-corrected chi connectivity index (χ4v) is 7.22. The first-order valence-electron chi connectivity index (χ1n) is 14.0. The fourth-order valence-electron chi connectivity index (χ4n) is 5.96. The standard InChI is InChI=1S/C37H27N3S/c1-3-12-25(13-4-1)35-38-36(26-14-5-2-6-15-26)40-37(39-35)28-17-9-16-27(23-28)29-19-10-20-32-33(29)31-22-21-24-11-7-8-18-30(24)34(31)41-32/h1-23,35,37,39H,(H,38,40). The smallest absolute Gasteiger partial charge is 0.131 e. The molecule has 3 nitrogen and oxygen atoms in total. The maximum atomic E-state index is 5.17. The monoisotopic (exact) mass is 545 g/mol. The van der Waals surface area contributed by atoms with E-state index in [-0.39, 0.29) is 12.3 Å². The first kappa shape index (κ1) is 24.1. The van der Waals surface area contributed by atoms with Gasteiger partial charge < -0.3 is 5.32 Å². The van der Waals surface area contributed by atoms with E-state index >= 15 is 0 Å². The van der Waals surface area contributed by atoms with Crippen LogP contribution in [0.4, 0.5) is 0 Å². The Balaban J connectivity index is 1.25. The van der Waals surface area contributed by atoms with Gasteiger partial charge in [0.2, 0.25) is 0 Å². The van der Waals surface area contributed by atoms with E-state index in [1.54, 1.807) is 0 Å². The molecule has 41 heavy (non-hydrogen) atoms. The summed E-state index contributed by atoms with van der Waals surface area (Å²) in [5.41, 5.74) is 5.86. The molecular formula is C37H27N3S. The lowest BCUT2D eigenvalue weighted by Crippen LogP contribution is -2.44. The summed E-state index contributed by atoms with van der Waals surface area (Å²) in [6.07, 6.45) is -0.255. The quantitative estimate of drug-likeness (QED) is 0.231. The summed E-state index contributed by atoms with van der Waals surface area (Å²) in [5, 5.41) is 12.6. The van der Waals surface area contributed by atoms with Gasteiger partial charge in [0.25, 0.3) is 0 Å². The van der Waals surface area contributed by atoms with E-state index in [0.29, 0.717) is 0 Å². The molecule has 196 valence electrons. The van der Waals surface area contributed by atoms with Crippen LogP contribution in [-0.2, 0) is 0 Å². The van der Waals surface area contributed by atoms with Crippen LogP contribution in [0.2, 0.25) is 0 Å². The molecule has 2 atom stereocenters. The third-order valence-corrected chi connectivity index (χ3v) is 9.15.